The summed E-state index contributed by atoms with van der Waals surface area (Å²) < 4.78 is 0. The minimum absolute atomic E-state index is 0.0732. The highest BCUT2D eigenvalue weighted by Gasteiger charge is 2.18. The molecule has 0 spiro atoms. The average Bonchev–Trinajstić information content (AvgIpc) is 2.54. The molecule has 3 rings (SSSR count). The second-order valence-corrected chi connectivity index (χ2v) is 6.07. The summed E-state index contributed by atoms with van der Waals surface area (Å²) >= 11 is 5.91. The van der Waals surface area contributed by atoms with Gasteiger partial charge in [-0.1, -0.05) is 23.7 Å². The van der Waals surface area contributed by atoms with Gasteiger partial charge in [0.15, 0.2) is 0 Å². The van der Waals surface area contributed by atoms with Gasteiger partial charge in [-0.15, -0.1) is 0 Å². The summed E-state index contributed by atoms with van der Waals surface area (Å²) in [4.78, 5) is 25.6. The van der Waals surface area contributed by atoms with Gasteiger partial charge in [0.2, 0.25) is 5.91 Å². The van der Waals surface area contributed by atoms with E-state index >= 15 is 0 Å². The molecule has 5 heteroatoms. The normalized spacial score (nSPS) is 13.4. The predicted molar refractivity (Wildman–Crippen MR) is 90.6 cm³/mol. The van der Waals surface area contributed by atoms with E-state index in [0.29, 0.717) is 17.1 Å². The average molecular weight is 329 g/mol. The van der Waals surface area contributed by atoms with Gasteiger partial charge in [-0.3, -0.25) is 9.59 Å². The summed E-state index contributed by atoms with van der Waals surface area (Å²) in [6.45, 7) is 2.91. The van der Waals surface area contributed by atoms with Gasteiger partial charge < -0.3 is 10.2 Å². The summed E-state index contributed by atoms with van der Waals surface area (Å²) in [5.41, 5.74) is 3.54. The van der Waals surface area contributed by atoms with Crippen LogP contribution in [0.3, 0.4) is 0 Å². The molecule has 0 fully saturated rings. The van der Waals surface area contributed by atoms with Crippen molar-refractivity contribution >= 4 is 29.1 Å². The number of carbonyl (C=O) groups is 2. The number of nitrogens with one attached hydrogen (secondary N) is 1. The van der Waals surface area contributed by atoms with Crippen LogP contribution in [0.15, 0.2) is 42.5 Å². The highest BCUT2D eigenvalue weighted by Crippen LogP contribution is 2.23. The van der Waals surface area contributed by atoms with E-state index in [2.05, 4.69) is 5.32 Å². The van der Waals surface area contributed by atoms with E-state index in [-0.39, 0.29) is 11.8 Å². The van der Waals surface area contributed by atoms with E-state index in [1.165, 1.54) is 5.56 Å². The molecule has 0 unspecified atom stereocenters. The van der Waals surface area contributed by atoms with Crippen molar-refractivity contribution in [3.05, 3.63) is 64.2 Å². The summed E-state index contributed by atoms with van der Waals surface area (Å²) in [5, 5.41) is 3.41. The topological polar surface area (TPSA) is 49.4 Å². The molecule has 1 N–H and O–H groups in total. The molecule has 1 aliphatic rings. The molecule has 0 atom stereocenters. The molecule has 0 saturated heterocycles. The molecule has 0 saturated carbocycles. The number of nitrogens with zero attached hydrogens (tertiary/aromatic N) is 1. The molecule has 2 aromatic carbocycles. The standard InChI is InChI=1S/C18H17ClN2O2/c1-12(22)21-8-7-13-5-6-17(10-15(13)11-21)20-18(23)14-3-2-4-16(19)9-14/h2-6,9-10H,7-8,11H2,1H3,(H,20,23). The zero-order chi connectivity index (χ0) is 16.4. The number of anilines is 1. The van der Waals surface area contributed by atoms with Crippen LogP contribution in [0.25, 0.3) is 0 Å². The van der Waals surface area contributed by atoms with E-state index in [4.69, 9.17) is 11.6 Å². The third-order valence-corrected chi connectivity index (χ3v) is 4.24. The molecule has 118 valence electrons. The summed E-state index contributed by atoms with van der Waals surface area (Å²) in [5.74, 6) is -0.129. The number of hydrogen-bond acceptors (Lipinski definition) is 2. The Morgan fingerprint density at radius 3 is 2.70 bits per heavy atom. The Bertz CT molecular complexity index is 773. The molecule has 23 heavy (non-hydrogen) atoms. The number of fused-ring (bicyclic) bond motifs is 1. The van der Waals surface area contributed by atoms with Crippen LogP contribution in [-0.2, 0) is 17.8 Å². The third kappa shape index (κ3) is 3.54. The maximum absolute atomic E-state index is 12.3. The first-order valence-electron chi connectivity index (χ1n) is 7.47. The van der Waals surface area contributed by atoms with E-state index in [1.54, 1.807) is 31.2 Å². The molecule has 1 aliphatic heterocycles. The number of hydrogen-bond donors (Lipinski definition) is 1. The van der Waals surface area contributed by atoms with Crippen molar-refractivity contribution in [3.8, 4) is 0 Å². The quantitative estimate of drug-likeness (QED) is 0.917. The highest BCUT2D eigenvalue weighted by atomic mass is 35.5. The first kappa shape index (κ1) is 15.6. The van der Waals surface area contributed by atoms with Crippen LogP contribution in [0.1, 0.15) is 28.4 Å². The van der Waals surface area contributed by atoms with Crippen molar-refractivity contribution in [3.63, 3.8) is 0 Å². The van der Waals surface area contributed by atoms with Crippen LogP contribution in [0, 0.1) is 0 Å². The lowest BCUT2D eigenvalue weighted by Crippen LogP contribution is -2.34. The van der Waals surface area contributed by atoms with E-state index in [1.807, 2.05) is 23.1 Å². The van der Waals surface area contributed by atoms with Crippen molar-refractivity contribution in [1.29, 1.82) is 0 Å². The Hall–Kier alpha value is -2.33. The molecule has 0 radical (unpaired) electrons. The van der Waals surface area contributed by atoms with Crippen molar-refractivity contribution in [2.24, 2.45) is 0 Å². The fourth-order valence-corrected chi connectivity index (χ4v) is 2.93. The van der Waals surface area contributed by atoms with Gasteiger partial charge in [0.05, 0.1) is 0 Å². The van der Waals surface area contributed by atoms with Crippen molar-refractivity contribution in [1.82, 2.24) is 4.90 Å². The molecular formula is C18H17ClN2O2. The lowest BCUT2D eigenvalue weighted by Gasteiger charge is -2.28. The van der Waals surface area contributed by atoms with Crippen LogP contribution in [0.5, 0.6) is 0 Å². The number of amides is 2. The molecule has 0 bridgehead atoms. The monoisotopic (exact) mass is 328 g/mol. The van der Waals surface area contributed by atoms with Gasteiger partial charge >= 0.3 is 0 Å². The zero-order valence-electron chi connectivity index (χ0n) is 12.8. The zero-order valence-corrected chi connectivity index (χ0v) is 13.6. The van der Waals surface area contributed by atoms with Crippen LogP contribution in [-0.4, -0.2) is 23.3 Å². The minimum Gasteiger partial charge on any atom is -0.338 e. The Morgan fingerprint density at radius 2 is 1.96 bits per heavy atom. The SMILES string of the molecule is CC(=O)N1CCc2ccc(NC(=O)c3cccc(Cl)c3)cc2C1. The first-order chi connectivity index (χ1) is 11.0. The lowest BCUT2D eigenvalue weighted by atomic mass is 9.99. The number of halogens is 1. The van der Waals surface area contributed by atoms with Crippen LogP contribution in [0.2, 0.25) is 5.02 Å². The third-order valence-electron chi connectivity index (χ3n) is 4.01. The van der Waals surface area contributed by atoms with Crippen molar-refractivity contribution in [2.75, 3.05) is 11.9 Å². The van der Waals surface area contributed by atoms with Gasteiger partial charge in [0, 0.05) is 36.3 Å². The van der Waals surface area contributed by atoms with E-state index in [0.717, 1.165) is 24.2 Å². The lowest BCUT2D eigenvalue weighted by molar-refractivity contribution is -0.129. The van der Waals surface area contributed by atoms with Gasteiger partial charge in [0.25, 0.3) is 5.91 Å². The summed E-state index contributed by atoms with van der Waals surface area (Å²) in [6.07, 6.45) is 0.845. The Kier molecular flexibility index (Phi) is 4.35. The molecule has 1 heterocycles. The molecule has 0 aliphatic carbocycles. The molecule has 0 aromatic heterocycles. The summed E-state index contributed by atoms with van der Waals surface area (Å²) in [6, 6.07) is 12.7. The summed E-state index contributed by atoms with van der Waals surface area (Å²) in [7, 11) is 0. The maximum Gasteiger partial charge on any atom is 0.255 e. The van der Waals surface area contributed by atoms with Gasteiger partial charge in [-0.25, -0.2) is 0 Å². The molecule has 4 nitrogen and oxygen atoms in total. The largest absolute Gasteiger partial charge is 0.338 e. The van der Waals surface area contributed by atoms with Crippen LogP contribution >= 0.6 is 11.6 Å². The van der Waals surface area contributed by atoms with Gasteiger partial charge in [-0.2, -0.15) is 0 Å². The highest BCUT2D eigenvalue weighted by molar-refractivity contribution is 6.31. The Morgan fingerprint density at radius 1 is 1.13 bits per heavy atom. The fourth-order valence-electron chi connectivity index (χ4n) is 2.74. The Balaban J connectivity index is 1.78. The molecule has 2 aromatic rings. The molecule has 2 amide bonds. The van der Waals surface area contributed by atoms with Crippen LogP contribution < -0.4 is 5.32 Å². The minimum atomic E-state index is -0.202. The number of carbonyl (C=O) groups excluding carboxylic acids is 2. The van der Waals surface area contributed by atoms with E-state index in [9.17, 15) is 9.59 Å². The maximum atomic E-state index is 12.3. The Labute approximate surface area is 140 Å². The second-order valence-electron chi connectivity index (χ2n) is 5.64. The number of rotatable bonds is 2. The molecular weight excluding hydrogens is 312 g/mol. The fraction of sp³-hybridized carbons (Fsp3) is 0.222. The van der Waals surface area contributed by atoms with Gasteiger partial charge in [-0.05, 0) is 47.9 Å². The predicted octanol–water partition coefficient (Wildman–Crippen LogP) is 3.50. The van der Waals surface area contributed by atoms with Crippen molar-refractivity contribution in [2.45, 2.75) is 19.9 Å². The number of benzene rings is 2. The second kappa shape index (κ2) is 6.42. The first-order valence-corrected chi connectivity index (χ1v) is 7.85. The van der Waals surface area contributed by atoms with E-state index < -0.39 is 0 Å². The smallest absolute Gasteiger partial charge is 0.255 e. The van der Waals surface area contributed by atoms with Crippen molar-refractivity contribution < 1.29 is 9.59 Å². The van der Waals surface area contributed by atoms with Crippen LogP contribution in [0.4, 0.5) is 5.69 Å². The van der Waals surface area contributed by atoms with Gasteiger partial charge in [0.1, 0.15) is 0 Å².